The fourth-order valence-electron chi connectivity index (χ4n) is 3.88. The van der Waals surface area contributed by atoms with Crippen LogP contribution in [-0.2, 0) is 0 Å². The Hall–Kier alpha value is -2.25. The number of allylic oxidation sites excluding steroid dienone is 1. The van der Waals surface area contributed by atoms with Crippen molar-refractivity contribution in [3.8, 4) is 0 Å². The first-order valence-electron chi connectivity index (χ1n) is 9.59. The standard InChI is InChI=1S/C20H26FN5O/c1-12(2)19(27)16-11-26(9-8-22-16)17-6-5-15(21)18(25-17)14-10-24-20-13(14)4-3-7-23-20/h3-4,7,10,12,16,19,22,27H,5-6,8-9,11H2,1-2H3,(H,23,24). The average molecular weight is 371 g/mol. The van der Waals surface area contributed by atoms with Crippen molar-refractivity contribution in [1.82, 2.24) is 20.2 Å². The number of nitrogens with one attached hydrogen (secondary N) is 2. The third-order valence-electron chi connectivity index (χ3n) is 5.44. The Kier molecular flexibility index (Phi) is 4.97. The van der Waals surface area contributed by atoms with Gasteiger partial charge in [-0.1, -0.05) is 13.8 Å². The maximum Gasteiger partial charge on any atom is 0.137 e. The number of hydrogen-bond acceptors (Lipinski definition) is 5. The second-order valence-electron chi connectivity index (χ2n) is 7.62. The number of aliphatic hydroxyl groups is 1. The number of fused-ring (bicyclic) bond motifs is 1. The van der Waals surface area contributed by atoms with Gasteiger partial charge in [0.2, 0.25) is 0 Å². The molecule has 1 saturated heterocycles. The average Bonchev–Trinajstić information content (AvgIpc) is 3.12. The van der Waals surface area contributed by atoms with E-state index in [-0.39, 0.29) is 17.8 Å². The molecule has 0 bridgehead atoms. The van der Waals surface area contributed by atoms with Crippen LogP contribution < -0.4 is 5.32 Å². The van der Waals surface area contributed by atoms with Gasteiger partial charge >= 0.3 is 0 Å². The fraction of sp³-hybridized carbons (Fsp3) is 0.500. The molecule has 2 aliphatic heterocycles. The highest BCUT2D eigenvalue weighted by molar-refractivity contribution is 5.97. The zero-order valence-electron chi connectivity index (χ0n) is 15.7. The Labute approximate surface area is 158 Å². The van der Waals surface area contributed by atoms with Crippen LogP contribution in [0.3, 0.4) is 0 Å². The lowest BCUT2D eigenvalue weighted by Crippen LogP contribution is -2.58. The van der Waals surface area contributed by atoms with Gasteiger partial charge in [0, 0.05) is 55.8 Å². The van der Waals surface area contributed by atoms with Crippen molar-refractivity contribution in [3.05, 3.63) is 35.9 Å². The van der Waals surface area contributed by atoms with E-state index in [0.29, 0.717) is 25.1 Å². The minimum Gasteiger partial charge on any atom is -0.391 e. The maximum atomic E-state index is 14.7. The summed E-state index contributed by atoms with van der Waals surface area (Å²) >= 11 is 0. The minimum atomic E-state index is -0.413. The number of rotatable bonds is 3. The first-order valence-corrected chi connectivity index (χ1v) is 9.59. The molecule has 7 heteroatoms. The van der Waals surface area contributed by atoms with Crippen LogP contribution in [0.1, 0.15) is 32.3 Å². The number of hydrogen-bond donors (Lipinski definition) is 3. The number of pyridine rings is 1. The Bertz CT molecular complexity index is 887. The third kappa shape index (κ3) is 3.49. The number of aromatic nitrogens is 2. The van der Waals surface area contributed by atoms with E-state index in [2.05, 4.69) is 20.2 Å². The molecule has 1 fully saturated rings. The van der Waals surface area contributed by atoms with E-state index in [9.17, 15) is 9.50 Å². The van der Waals surface area contributed by atoms with Gasteiger partial charge in [-0.15, -0.1) is 0 Å². The van der Waals surface area contributed by atoms with Gasteiger partial charge in [-0.05, 0) is 18.1 Å². The maximum absolute atomic E-state index is 14.7. The Balaban J connectivity index is 1.62. The Morgan fingerprint density at radius 1 is 1.33 bits per heavy atom. The van der Waals surface area contributed by atoms with Crippen molar-refractivity contribution in [2.24, 2.45) is 10.9 Å². The van der Waals surface area contributed by atoms with Crippen LogP contribution in [0.5, 0.6) is 0 Å². The summed E-state index contributed by atoms with van der Waals surface area (Å²) in [6.45, 7) is 6.31. The highest BCUT2D eigenvalue weighted by Gasteiger charge is 2.30. The van der Waals surface area contributed by atoms with Gasteiger partial charge in [-0.25, -0.2) is 14.4 Å². The van der Waals surface area contributed by atoms with Crippen molar-refractivity contribution >= 4 is 22.6 Å². The molecule has 2 aromatic heterocycles. The van der Waals surface area contributed by atoms with Gasteiger partial charge in [-0.2, -0.15) is 0 Å². The highest BCUT2D eigenvalue weighted by atomic mass is 19.1. The first kappa shape index (κ1) is 18.1. The lowest BCUT2D eigenvalue weighted by molar-refractivity contribution is 0.0623. The second-order valence-corrected chi connectivity index (χ2v) is 7.62. The zero-order valence-corrected chi connectivity index (χ0v) is 15.7. The van der Waals surface area contributed by atoms with E-state index < -0.39 is 6.10 Å². The molecule has 0 aliphatic carbocycles. The number of piperazine rings is 1. The van der Waals surface area contributed by atoms with Gasteiger partial charge in [-0.3, -0.25) is 0 Å². The molecule has 0 spiro atoms. The normalized spacial score (nSPS) is 22.5. The third-order valence-corrected chi connectivity index (χ3v) is 5.44. The van der Waals surface area contributed by atoms with E-state index in [0.717, 1.165) is 35.5 Å². The SMILES string of the molecule is CC(C)C(O)C1CN(C2=NC(c3c[nH]c4ncccc34)=C(F)CC2)CCN1. The van der Waals surface area contributed by atoms with Crippen molar-refractivity contribution in [3.63, 3.8) is 0 Å². The monoisotopic (exact) mass is 371 g/mol. The summed E-state index contributed by atoms with van der Waals surface area (Å²) in [5.41, 5.74) is 1.88. The fourth-order valence-corrected chi connectivity index (χ4v) is 3.88. The molecule has 4 rings (SSSR count). The van der Waals surface area contributed by atoms with Crippen LogP contribution in [0.15, 0.2) is 35.3 Å². The number of halogens is 1. The highest BCUT2D eigenvalue weighted by Crippen LogP contribution is 2.33. The quantitative estimate of drug-likeness (QED) is 0.775. The molecule has 144 valence electrons. The molecule has 2 aromatic rings. The Morgan fingerprint density at radius 3 is 3.00 bits per heavy atom. The van der Waals surface area contributed by atoms with Crippen LogP contribution in [0.25, 0.3) is 16.7 Å². The lowest BCUT2D eigenvalue weighted by Gasteiger charge is -2.39. The summed E-state index contributed by atoms with van der Waals surface area (Å²) in [6, 6.07) is 3.77. The van der Waals surface area contributed by atoms with Crippen molar-refractivity contribution in [2.75, 3.05) is 19.6 Å². The number of amidine groups is 1. The van der Waals surface area contributed by atoms with E-state index >= 15 is 0 Å². The van der Waals surface area contributed by atoms with Gasteiger partial charge in [0.1, 0.15) is 23.0 Å². The summed E-state index contributed by atoms with van der Waals surface area (Å²) in [4.78, 5) is 14.3. The van der Waals surface area contributed by atoms with Gasteiger partial charge in [0.15, 0.2) is 0 Å². The number of aliphatic hydroxyl groups excluding tert-OH is 1. The molecule has 0 saturated carbocycles. The van der Waals surface area contributed by atoms with Crippen molar-refractivity contribution in [1.29, 1.82) is 0 Å². The molecule has 2 unspecified atom stereocenters. The largest absolute Gasteiger partial charge is 0.391 e. The number of nitrogens with zero attached hydrogens (tertiary/aromatic N) is 3. The molecule has 0 aromatic carbocycles. The molecular formula is C20H26FN5O. The summed E-state index contributed by atoms with van der Waals surface area (Å²) in [5, 5.41) is 14.7. The molecule has 0 amide bonds. The van der Waals surface area contributed by atoms with Crippen LogP contribution >= 0.6 is 0 Å². The summed E-state index contributed by atoms with van der Waals surface area (Å²) in [6.07, 6.45) is 4.01. The summed E-state index contributed by atoms with van der Waals surface area (Å²) < 4.78 is 14.7. The van der Waals surface area contributed by atoms with Gasteiger partial charge in [0.25, 0.3) is 0 Å². The van der Waals surface area contributed by atoms with E-state index in [1.165, 1.54) is 0 Å². The summed E-state index contributed by atoms with van der Waals surface area (Å²) in [5.74, 6) is 0.895. The molecule has 27 heavy (non-hydrogen) atoms. The van der Waals surface area contributed by atoms with Gasteiger partial charge < -0.3 is 20.3 Å². The predicted molar refractivity (Wildman–Crippen MR) is 105 cm³/mol. The van der Waals surface area contributed by atoms with Crippen LogP contribution in [0.2, 0.25) is 0 Å². The topological polar surface area (TPSA) is 76.5 Å². The molecule has 2 atom stereocenters. The molecule has 3 N–H and O–H groups in total. The summed E-state index contributed by atoms with van der Waals surface area (Å²) in [7, 11) is 0. The van der Waals surface area contributed by atoms with Crippen LogP contribution in [0.4, 0.5) is 4.39 Å². The number of aliphatic imine (C=N–C) groups is 1. The van der Waals surface area contributed by atoms with Gasteiger partial charge in [0.05, 0.1) is 12.1 Å². The van der Waals surface area contributed by atoms with E-state index in [1.54, 1.807) is 12.4 Å². The predicted octanol–water partition coefficient (Wildman–Crippen LogP) is 2.68. The Morgan fingerprint density at radius 2 is 2.19 bits per heavy atom. The lowest BCUT2D eigenvalue weighted by atomic mass is 9.97. The second kappa shape index (κ2) is 7.40. The first-order chi connectivity index (χ1) is 13.0. The zero-order chi connectivity index (χ0) is 19.0. The van der Waals surface area contributed by atoms with E-state index in [4.69, 9.17) is 4.99 Å². The molecule has 0 radical (unpaired) electrons. The minimum absolute atomic E-state index is 0.00191. The molecule has 4 heterocycles. The smallest absolute Gasteiger partial charge is 0.137 e. The van der Waals surface area contributed by atoms with Crippen LogP contribution in [0, 0.1) is 5.92 Å². The molecular weight excluding hydrogens is 345 g/mol. The number of aromatic amines is 1. The van der Waals surface area contributed by atoms with Crippen molar-refractivity contribution < 1.29 is 9.50 Å². The van der Waals surface area contributed by atoms with Crippen molar-refractivity contribution in [2.45, 2.75) is 38.8 Å². The number of H-pyrrole nitrogens is 1. The molecule has 2 aliphatic rings. The molecule has 6 nitrogen and oxygen atoms in total. The van der Waals surface area contributed by atoms with E-state index in [1.807, 2.05) is 26.0 Å². The van der Waals surface area contributed by atoms with Crippen LogP contribution in [-0.4, -0.2) is 57.6 Å².